The number of nitrogens with one attached hydrogen (secondary N) is 1. The fourth-order valence-electron chi connectivity index (χ4n) is 2.66. The summed E-state index contributed by atoms with van der Waals surface area (Å²) in [5, 5.41) is 12.3. The Balaban J connectivity index is 1.47. The summed E-state index contributed by atoms with van der Waals surface area (Å²) in [6, 6.07) is 9.81. The van der Waals surface area contributed by atoms with Crippen LogP contribution in [0.25, 0.3) is 10.9 Å². The average Bonchev–Trinajstić information content (AvgIpc) is 3.18. The average molecular weight is 326 g/mol. The van der Waals surface area contributed by atoms with Gasteiger partial charge in [-0.1, -0.05) is 37.2 Å². The smallest absolute Gasteiger partial charge is 0.289 e. The normalized spacial score (nSPS) is 11.3. The maximum atomic E-state index is 12.1. The van der Waals surface area contributed by atoms with Crippen LogP contribution in [-0.2, 0) is 13.0 Å². The molecule has 126 valence electrons. The van der Waals surface area contributed by atoms with E-state index in [-0.39, 0.29) is 11.7 Å². The van der Waals surface area contributed by atoms with Gasteiger partial charge in [-0.25, -0.2) is 0 Å². The minimum Gasteiger partial charge on any atom is -0.351 e. The Kier molecular flexibility index (Phi) is 4.93. The fraction of sp³-hybridized carbons (Fsp3) is 0.389. The third-order valence-corrected chi connectivity index (χ3v) is 3.78. The highest BCUT2D eigenvalue weighted by Crippen LogP contribution is 2.13. The minimum atomic E-state index is -0.220. The number of hydrogen-bond acceptors (Lipinski definition) is 4. The first-order chi connectivity index (χ1) is 11.6. The fourth-order valence-corrected chi connectivity index (χ4v) is 2.66. The van der Waals surface area contributed by atoms with Crippen molar-refractivity contribution in [3.05, 3.63) is 48.0 Å². The Morgan fingerprint density at radius 3 is 3.00 bits per heavy atom. The molecule has 0 bridgehead atoms. The Bertz CT molecular complexity index is 819. The van der Waals surface area contributed by atoms with Crippen molar-refractivity contribution < 1.29 is 9.32 Å². The predicted octanol–water partition coefficient (Wildman–Crippen LogP) is 3.04. The zero-order chi connectivity index (χ0) is 16.9. The molecule has 0 radical (unpaired) electrons. The van der Waals surface area contributed by atoms with Gasteiger partial charge < -0.3 is 9.84 Å². The third-order valence-electron chi connectivity index (χ3n) is 3.78. The number of rotatable bonds is 7. The van der Waals surface area contributed by atoms with Crippen molar-refractivity contribution in [2.45, 2.75) is 33.2 Å². The lowest BCUT2D eigenvalue weighted by molar-refractivity contribution is 0.0915. The minimum absolute atomic E-state index is 0.220. The van der Waals surface area contributed by atoms with Crippen LogP contribution in [0.4, 0.5) is 0 Å². The molecule has 3 aromatic rings. The van der Waals surface area contributed by atoms with Crippen LogP contribution in [0.1, 0.15) is 36.5 Å². The number of fused-ring (bicyclic) bond motifs is 1. The molecule has 1 N–H and O–H groups in total. The number of aryl methyl sites for hydroxylation is 1. The summed E-state index contributed by atoms with van der Waals surface area (Å²) < 4.78 is 7.06. The van der Waals surface area contributed by atoms with E-state index in [1.54, 1.807) is 6.07 Å². The number of hydrogen-bond donors (Lipinski definition) is 1. The van der Waals surface area contributed by atoms with Gasteiger partial charge in [0.25, 0.3) is 5.91 Å². The van der Waals surface area contributed by atoms with Gasteiger partial charge in [0.05, 0.1) is 17.4 Å². The first-order valence-electron chi connectivity index (χ1n) is 8.28. The Morgan fingerprint density at radius 1 is 1.33 bits per heavy atom. The summed E-state index contributed by atoms with van der Waals surface area (Å²) in [6.45, 7) is 5.52. The molecule has 3 rings (SSSR count). The van der Waals surface area contributed by atoms with Gasteiger partial charge in [0.1, 0.15) is 0 Å². The van der Waals surface area contributed by atoms with Gasteiger partial charge in [-0.05, 0) is 24.8 Å². The molecule has 2 heterocycles. The maximum absolute atomic E-state index is 12.1. The summed E-state index contributed by atoms with van der Waals surface area (Å²) in [6.07, 6.45) is 3.46. The number of amides is 1. The van der Waals surface area contributed by atoms with Crippen molar-refractivity contribution in [1.82, 2.24) is 20.3 Å². The standard InChI is InChI=1S/C18H22N4O2/c1-13(2)10-15-11-17(24-21-15)18(23)19-8-5-9-22-16-7-4-3-6-14(16)12-20-22/h3-4,6-7,11-13H,5,8-10H2,1-2H3,(H,19,23). The van der Waals surface area contributed by atoms with Crippen molar-refractivity contribution in [2.75, 3.05) is 6.54 Å². The van der Waals surface area contributed by atoms with Gasteiger partial charge in [0.15, 0.2) is 0 Å². The van der Waals surface area contributed by atoms with Crippen LogP contribution in [0.3, 0.4) is 0 Å². The molecular weight excluding hydrogens is 304 g/mol. The molecular formula is C18H22N4O2. The van der Waals surface area contributed by atoms with Crippen LogP contribution < -0.4 is 5.32 Å². The van der Waals surface area contributed by atoms with E-state index in [9.17, 15) is 4.79 Å². The van der Waals surface area contributed by atoms with Crippen LogP contribution in [-0.4, -0.2) is 27.4 Å². The number of aromatic nitrogens is 3. The second-order valence-corrected chi connectivity index (χ2v) is 6.32. The first kappa shape index (κ1) is 16.2. The monoisotopic (exact) mass is 326 g/mol. The molecule has 0 aliphatic carbocycles. The van der Waals surface area contributed by atoms with E-state index in [4.69, 9.17) is 4.52 Å². The Labute approximate surface area is 140 Å². The molecule has 24 heavy (non-hydrogen) atoms. The lowest BCUT2D eigenvalue weighted by Gasteiger charge is -2.04. The van der Waals surface area contributed by atoms with E-state index in [0.717, 1.165) is 36.0 Å². The van der Waals surface area contributed by atoms with E-state index in [1.165, 1.54) is 0 Å². The summed E-state index contributed by atoms with van der Waals surface area (Å²) in [5.41, 5.74) is 1.93. The second kappa shape index (κ2) is 7.29. The highest BCUT2D eigenvalue weighted by Gasteiger charge is 2.13. The van der Waals surface area contributed by atoms with Crippen LogP contribution in [0.2, 0.25) is 0 Å². The Morgan fingerprint density at radius 2 is 2.17 bits per heavy atom. The van der Waals surface area contributed by atoms with Crippen molar-refractivity contribution in [1.29, 1.82) is 0 Å². The summed E-state index contributed by atoms with van der Waals surface area (Å²) in [4.78, 5) is 12.1. The molecule has 1 amide bonds. The first-order valence-corrected chi connectivity index (χ1v) is 8.28. The number of para-hydroxylation sites is 1. The van der Waals surface area contributed by atoms with Crippen LogP contribution in [0, 0.1) is 5.92 Å². The molecule has 2 aromatic heterocycles. The summed E-state index contributed by atoms with van der Waals surface area (Å²) >= 11 is 0. The number of benzene rings is 1. The SMILES string of the molecule is CC(C)Cc1cc(C(=O)NCCCn2ncc3ccccc32)on1. The number of nitrogens with zero attached hydrogens (tertiary/aromatic N) is 3. The predicted molar refractivity (Wildman–Crippen MR) is 91.7 cm³/mol. The summed E-state index contributed by atoms with van der Waals surface area (Å²) in [5.74, 6) is 0.535. The van der Waals surface area contributed by atoms with Gasteiger partial charge in [-0.2, -0.15) is 5.10 Å². The van der Waals surface area contributed by atoms with E-state index in [2.05, 4.69) is 29.4 Å². The van der Waals surface area contributed by atoms with E-state index >= 15 is 0 Å². The number of carbonyl (C=O) groups excluding carboxylic acids is 1. The van der Waals surface area contributed by atoms with Crippen molar-refractivity contribution in [2.24, 2.45) is 5.92 Å². The molecule has 0 saturated heterocycles. The second-order valence-electron chi connectivity index (χ2n) is 6.32. The highest BCUT2D eigenvalue weighted by molar-refractivity contribution is 5.91. The molecule has 0 aliphatic heterocycles. The van der Waals surface area contributed by atoms with Crippen molar-refractivity contribution in [3.63, 3.8) is 0 Å². The molecule has 0 aliphatic rings. The molecule has 6 heteroatoms. The largest absolute Gasteiger partial charge is 0.351 e. The molecule has 0 saturated carbocycles. The maximum Gasteiger partial charge on any atom is 0.289 e. The zero-order valence-corrected chi connectivity index (χ0v) is 14.0. The molecule has 0 unspecified atom stereocenters. The molecule has 0 fully saturated rings. The molecule has 6 nitrogen and oxygen atoms in total. The third kappa shape index (κ3) is 3.82. The van der Waals surface area contributed by atoms with Crippen LogP contribution in [0.15, 0.2) is 41.1 Å². The highest BCUT2D eigenvalue weighted by atomic mass is 16.5. The zero-order valence-electron chi connectivity index (χ0n) is 14.0. The number of carbonyl (C=O) groups is 1. The molecule has 0 spiro atoms. The van der Waals surface area contributed by atoms with Gasteiger partial charge in [-0.15, -0.1) is 0 Å². The lowest BCUT2D eigenvalue weighted by Crippen LogP contribution is -2.25. The van der Waals surface area contributed by atoms with Gasteiger partial charge in [-0.3, -0.25) is 9.48 Å². The van der Waals surface area contributed by atoms with E-state index in [1.807, 2.05) is 35.1 Å². The van der Waals surface area contributed by atoms with Crippen LogP contribution in [0.5, 0.6) is 0 Å². The van der Waals surface area contributed by atoms with E-state index in [0.29, 0.717) is 12.5 Å². The van der Waals surface area contributed by atoms with Crippen molar-refractivity contribution >= 4 is 16.8 Å². The van der Waals surface area contributed by atoms with Crippen molar-refractivity contribution in [3.8, 4) is 0 Å². The Hall–Kier alpha value is -2.63. The van der Waals surface area contributed by atoms with Crippen LogP contribution >= 0.6 is 0 Å². The molecule has 1 aromatic carbocycles. The topological polar surface area (TPSA) is 73.0 Å². The van der Waals surface area contributed by atoms with E-state index < -0.39 is 0 Å². The van der Waals surface area contributed by atoms with Gasteiger partial charge in [0.2, 0.25) is 5.76 Å². The quantitative estimate of drug-likeness (QED) is 0.677. The lowest BCUT2D eigenvalue weighted by atomic mass is 10.1. The van der Waals surface area contributed by atoms with Gasteiger partial charge in [0, 0.05) is 24.5 Å². The summed E-state index contributed by atoms with van der Waals surface area (Å²) in [7, 11) is 0. The van der Waals surface area contributed by atoms with Gasteiger partial charge >= 0.3 is 0 Å². The molecule has 0 atom stereocenters.